The van der Waals surface area contributed by atoms with E-state index in [1.54, 1.807) is 23.3 Å². The van der Waals surface area contributed by atoms with Crippen LogP contribution in [0.4, 0.5) is 4.79 Å². The number of nitrogens with zero attached hydrogens (tertiary/aromatic N) is 1. The standard InChI is InChI=1S/C10H15NO2S/c1-4-13-10(12)11(3)8(2)9-6-5-7-14-9/h5-8H,4H2,1-3H3. The topological polar surface area (TPSA) is 29.5 Å². The molecule has 0 N–H and O–H groups in total. The van der Waals surface area contributed by atoms with Gasteiger partial charge in [0.1, 0.15) is 0 Å². The number of amides is 1. The first-order valence-electron chi connectivity index (χ1n) is 4.59. The van der Waals surface area contributed by atoms with Gasteiger partial charge in [-0.2, -0.15) is 0 Å². The first-order chi connectivity index (χ1) is 6.66. The third-order valence-electron chi connectivity index (χ3n) is 2.09. The lowest BCUT2D eigenvalue weighted by Gasteiger charge is -2.22. The molecule has 1 unspecified atom stereocenters. The van der Waals surface area contributed by atoms with Gasteiger partial charge in [-0.25, -0.2) is 4.79 Å². The van der Waals surface area contributed by atoms with Crippen molar-refractivity contribution in [1.82, 2.24) is 4.90 Å². The quantitative estimate of drug-likeness (QED) is 0.772. The highest BCUT2D eigenvalue weighted by molar-refractivity contribution is 7.10. The van der Waals surface area contributed by atoms with Crippen LogP contribution in [0.3, 0.4) is 0 Å². The van der Waals surface area contributed by atoms with Gasteiger partial charge in [-0.15, -0.1) is 11.3 Å². The van der Waals surface area contributed by atoms with Gasteiger partial charge in [-0.3, -0.25) is 0 Å². The fourth-order valence-corrected chi connectivity index (χ4v) is 1.93. The average molecular weight is 213 g/mol. The second-order valence-electron chi connectivity index (χ2n) is 3.00. The predicted octanol–water partition coefficient (Wildman–Crippen LogP) is 2.90. The van der Waals surface area contributed by atoms with Crippen LogP contribution in [0.15, 0.2) is 17.5 Å². The summed E-state index contributed by atoms with van der Waals surface area (Å²) in [6.45, 7) is 4.21. The highest BCUT2D eigenvalue weighted by Crippen LogP contribution is 2.23. The van der Waals surface area contributed by atoms with Crippen molar-refractivity contribution >= 4 is 17.4 Å². The molecule has 1 amide bonds. The number of carbonyl (C=O) groups excluding carboxylic acids is 1. The van der Waals surface area contributed by atoms with Crippen LogP contribution >= 0.6 is 11.3 Å². The van der Waals surface area contributed by atoms with Crippen LogP contribution in [0.5, 0.6) is 0 Å². The van der Waals surface area contributed by atoms with Gasteiger partial charge in [0.25, 0.3) is 0 Å². The lowest BCUT2D eigenvalue weighted by atomic mass is 10.2. The fourth-order valence-electron chi connectivity index (χ4n) is 1.10. The summed E-state index contributed by atoms with van der Waals surface area (Å²) in [4.78, 5) is 14.2. The number of rotatable bonds is 3. The smallest absolute Gasteiger partial charge is 0.410 e. The molecule has 1 heterocycles. The average Bonchev–Trinajstić information content (AvgIpc) is 2.68. The molecule has 0 spiro atoms. The van der Waals surface area contributed by atoms with E-state index in [0.29, 0.717) is 6.61 Å². The molecule has 4 heteroatoms. The molecule has 1 rings (SSSR count). The maximum atomic E-state index is 11.4. The van der Waals surface area contributed by atoms with E-state index < -0.39 is 0 Å². The molecular weight excluding hydrogens is 198 g/mol. The summed E-state index contributed by atoms with van der Waals surface area (Å²) in [5.41, 5.74) is 0. The van der Waals surface area contributed by atoms with Crippen LogP contribution in [0, 0.1) is 0 Å². The molecule has 3 nitrogen and oxygen atoms in total. The van der Waals surface area contributed by atoms with Crippen LogP contribution in [0.25, 0.3) is 0 Å². The SMILES string of the molecule is CCOC(=O)N(C)C(C)c1cccs1. The Balaban J connectivity index is 2.61. The zero-order chi connectivity index (χ0) is 10.6. The first kappa shape index (κ1) is 11.0. The summed E-state index contributed by atoms with van der Waals surface area (Å²) in [5, 5.41) is 2.00. The van der Waals surface area contributed by atoms with E-state index in [-0.39, 0.29) is 12.1 Å². The summed E-state index contributed by atoms with van der Waals surface area (Å²) < 4.78 is 4.91. The minimum atomic E-state index is -0.270. The van der Waals surface area contributed by atoms with Gasteiger partial charge in [0.05, 0.1) is 12.6 Å². The molecule has 0 saturated heterocycles. The molecule has 0 aromatic carbocycles. The minimum absolute atomic E-state index is 0.0778. The van der Waals surface area contributed by atoms with E-state index in [0.717, 1.165) is 0 Å². The van der Waals surface area contributed by atoms with Crippen LogP contribution in [0.1, 0.15) is 24.8 Å². The highest BCUT2D eigenvalue weighted by atomic mass is 32.1. The minimum Gasteiger partial charge on any atom is -0.450 e. The maximum absolute atomic E-state index is 11.4. The van der Waals surface area contributed by atoms with Gasteiger partial charge < -0.3 is 9.64 Å². The molecule has 0 aliphatic carbocycles. The number of hydrogen-bond donors (Lipinski definition) is 0. The van der Waals surface area contributed by atoms with Gasteiger partial charge in [-0.1, -0.05) is 6.07 Å². The Hall–Kier alpha value is -1.03. The summed E-state index contributed by atoms with van der Waals surface area (Å²) in [5.74, 6) is 0. The molecule has 14 heavy (non-hydrogen) atoms. The Kier molecular flexibility index (Phi) is 3.95. The summed E-state index contributed by atoms with van der Waals surface area (Å²) in [7, 11) is 1.75. The Morgan fingerprint density at radius 2 is 2.43 bits per heavy atom. The molecule has 0 saturated carbocycles. The van der Waals surface area contributed by atoms with Crippen LogP contribution in [-0.2, 0) is 4.74 Å². The van der Waals surface area contributed by atoms with Gasteiger partial charge in [0.15, 0.2) is 0 Å². The zero-order valence-electron chi connectivity index (χ0n) is 8.69. The van der Waals surface area contributed by atoms with Gasteiger partial charge >= 0.3 is 6.09 Å². The molecule has 0 fully saturated rings. The Morgan fingerprint density at radius 3 is 2.93 bits per heavy atom. The summed E-state index contributed by atoms with van der Waals surface area (Å²) in [6.07, 6.45) is -0.270. The number of carbonyl (C=O) groups is 1. The predicted molar refractivity (Wildman–Crippen MR) is 57.5 cm³/mol. The second kappa shape index (κ2) is 5.00. The van der Waals surface area contributed by atoms with Gasteiger partial charge in [0.2, 0.25) is 0 Å². The lowest BCUT2D eigenvalue weighted by molar-refractivity contribution is 0.105. The first-order valence-corrected chi connectivity index (χ1v) is 5.47. The van der Waals surface area contributed by atoms with Crippen molar-refractivity contribution in [3.8, 4) is 0 Å². The van der Waals surface area contributed by atoms with E-state index >= 15 is 0 Å². The van der Waals surface area contributed by atoms with Gasteiger partial charge in [0, 0.05) is 11.9 Å². The van der Waals surface area contributed by atoms with Gasteiger partial charge in [-0.05, 0) is 25.3 Å². The Bertz CT molecular complexity index is 284. The molecular formula is C10H15NO2S. The van der Waals surface area contributed by atoms with E-state index in [9.17, 15) is 4.79 Å². The van der Waals surface area contributed by atoms with E-state index in [4.69, 9.17) is 4.74 Å². The third-order valence-corrected chi connectivity index (χ3v) is 3.13. The summed E-state index contributed by atoms with van der Waals surface area (Å²) in [6, 6.07) is 4.08. The Morgan fingerprint density at radius 1 is 1.71 bits per heavy atom. The number of ether oxygens (including phenoxy) is 1. The molecule has 1 aromatic rings. The van der Waals surface area contributed by atoms with Crippen molar-refractivity contribution in [1.29, 1.82) is 0 Å². The largest absolute Gasteiger partial charge is 0.450 e. The maximum Gasteiger partial charge on any atom is 0.410 e. The molecule has 1 atom stereocenters. The lowest BCUT2D eigenvalue weighted by Crippen LogP contribution is -2.29. The molecule has 78 valence electrons. The van der Waals surface area contributed by atoms with Crippen LogP contribution in [-0.4, -0.2) is 24.6 Å². The van der Waals surface area contributed by atoms with E-state index in [1.165, 1.54) is 4.88 Å². The zero-order valence-corrected chi connectivity index (χ0v) is 9.50. The molecule has 0 bridgehead atoms. The van der Waals surface area contributed by atoms with Crippen LogP contribution < -0.4 is 0 Å². The Labute approximate surface area is 88.3 Å². The van der Waals surface area contributed by atoms with Crippen molar-refractivity contribution in [2.75, 3.05) is 13.7 Å². The second-order valence-corrected chi connectivity index (χ2v) is 3.98. The third kappa shape index (κ3) is 2.48. The summed E-state index contributed by atoms with van der Waals surface area (Å²) >= 11 is 1.65. The van der Waals surface area contributed by atoms with Crippen molar-refractivity contribution in [3.05, 3.63) is 22.4 Å². The highest BCUT2D eigenvalue weighted by Gasteiger charge is 2.18. The van der Waals surface area contributed by atoms with E-state index in [2.05, 4.69) is 0 Å². The number of thiophene rings is 1. The normalized spacial score (nSPS) is 12.2. The van der Waals surface area contributed by atoms with Crippen molar-refractivity contribution in [2.45, 2.75) is 19.9 Å². The van der Waals surface area contributed by atoms with Crippen molar-refractivity contribution < 1.29 is 9.53 Å². The van der Waals surface area contributed by atoms with Crippen molar-refractivity contribution in [2.24, 2.45) is 0 Å². The molecule has 0 aliphatic rings. The fraction of sp³-hybridized carbons (Fsp3) is 0.500. The molecule has 0 aliphatic heterocycles. The molecule has 0 radical (unpaired) electrons. The monoisotopic (exact) mass is 213 g/mol. The van der Waals surface area contributed by atoms with E-state index in [1.807, 2.05) is 31.4 Å². The molecule has 1 aromatic heterocycles. The number of hydrogen-bond acceptors (Lipinski definition) is 3. The van der Waals surface area contributed by atoms with Crippen LogP contribution in [0.2, 0.25) is 0 Å². The van der Waals surface area contributed by atoms with Crippen molar-refractivity contribution in [3.63, 3.8) is 0 Å².